The number of hydrogen-bond acceptors (Lipinski definition) is 3. The van der Waals surface area contributed by atoms with Crippen molar-refractivity contribution in [3.8, 4) is 0 Å². The second-order valence-corrected chi connectivity index (χ2v) is 5.78. The van der Waals surface area contributed by atoms with Crippen LogP contribution < -0.4 is 10.6 Å². The average molecular weight is 337 g/mol. The Kier molecular flexibility index (Phi) is 5.11. The average Bonchev–Trinajstić information content (AvgIpc) is 3.09. The summed E-state index contributed by atoms with van der Waals surface area (Å²) in [7, 11) is 0. The Balaban J connectivity index is 1.60. The third kappa shape index (κ3) is 4.24. The van der Waals surface area contributed by atoms with Gasteiger partial charge in [-0.2, -0.15) is 0 Å². The molecular weight excluding hydrogens is 318 g/mol. The van der Waals surface area contributed by atoms with Crippen molar-refractivity contribution in [1.29, 1.82) is 0 Å². The zero-order valence-electron chi connectivity index (χ0n) is 13.5. The van der Waals surface area contributed by atoms with E-state index in [1.54, 1.807) is 18.3 Å². The number of aliphatic hydroxyl groups is 1. The van der Waals surface area contributed by atoms with Crippen molar-refractivity contribution in [2.24, 2.45) is 0 Å². The van der Waals surface area contributed by atoms with E-state index in [4.69, 9.17) is 0 Å². The van der Waals surface area contributed by atoms with E-state index in [1.165, 1.54) is 0 Å². The van der Waals surface area contributed by atoms with Gasteiger partial charge in [0.25, 0.3) is 0 Å². The minimum Gasteiger partial charge on any atom is -0.394 e. The normalized spacial score (nSPS) is 11.9. The van der Waals surface area contributed by atoms with Crippen molar-refractivity contribution < 1.29 is 14.7 Å². The summed E-state index contributed by atoms with van der Waals surface area (Å²) >= 11 is 0. The molecule has 2 amide bonds. The first-order valence-electron chi connectivity index (χ1n) is 7.99. The SMILES string of the molecule is O=C(Nc1ccc2cc[nH]c2c1)C(=O)N[C@@H](CO)Cc1ccccc1. The quantitative estimate of drug-likeness (QED) is 0.535. The molecule has 0 aliphatic rings. The summed E-state index contributed by atoms with van der Waals surface area (Å²) in [6, 6.07) is 16.2. The lowest BCUT2D eigenvalue weighted by molar-refractivity contribution is -0.136. The molecule has 0 bridgehead atoms. The van der Waals surface area contributed by atoms with E-state index >= 15 is 0 Å². The summed E-state index contributed by atoms with van der Waals surface area (Å²) in [5.74, 6) is -1.54. The van der Waals surface area contributed by atoms with Crippen molar-refractivity contribution in [1.82, 2.24) is 10.3 Å². The molecule has 0 radical (unpaired) electrons. The van der Waals surface area contributed by atoms with E-state index in [1.807, 2.05) is 42.5 Å². The number of aliphatic hydroxyl groups excluding tert-OH is 1. The fourth-order valence-electron chi connectivity index (χ4n) is 2.62. The van der Waals surface area contributed by atoms with Gasteiger partial charge in [0.2, 0.25) is 0 Å². The van der Waals surface area contributed by atoms with Crippen LogP contribution in [0.2, 0.25) is 0 Å². The number of fused-ring (bicyclic) bond motifs is 1. The highest BCUT2D eigenvalue weighted by molar-refractivity contribution is 6.39. The van der Waals surface area contributed by atoms with Crippen LogP contribution in [0, 0.1) is 0 Å². The maximum atomic E-state index is 12.1. The molecule has 25 heavy (non-hydrogen) atoms. The Morgan fingerprint density at radius 1 is 1.04 bits per heavy atom. The van der Waals surface area contributed by atoms with Crippen molar-refractivity contribution in [2.75, 3.05) is 11.9 Å². The third-order valence-corrected chi connectivity index (χ3v) is 3.90. The van der Waals surface area contributed by atoms with E-state index in [-0.39, 0.29) is 6.61 Å². The maximum Gasteiger partial charge on any atom is 0.313 e. The molecule has 0 saturated heterocycles. The van der Waals surface area contributed by atoms with Crippen LogP contribution in [-0.2, 0) is 16.0 Å². The van der Waals surface area contributed by atoms with Crippen molar-refractivity contribution in [2.45, 2.75) is 12.5 Å². The molecule has 1 atom stereocenters. The second kappa shape index (κ2) is 7.63. The molecule has 3 aromatic rings. The molecular formula is C19H19N3O3. The predicted molar refractivity (Wildman–Crippen MR) is 96.1 cm³/mol. The van der Waals surface area contributed by atoms with Crippen LogP contribution in [0.25, 0.3) is 10.9 Å². The van der Waals surface area contributed by atoms with Crippen molar-refractivity contribution in [3.63, 3.8) is 0 Å². The zero-order valence-corrected chi connectivity index (χ0v) is 13.5. The first-order valence-corrected chi connectivity index (χ1v) is 7.99. The van der Waals surface area contributed by atoms with Gasteiger partial charge in [-0.15, -0.1) is 0 Å². The number of benzene rings is 2. The van der Waals surface area contributed by atoms with Gasteiger partial charge in [-0.05, 0) is 35.6 Å². The van der Waals surface area contributed by atoms with Gasteiger partial charge in [0.1, 0.15) is 0 Å². The van der Waals surface area contributed by atoms with Gasteiger partial charge >= 0.3 is 11.8 Å². The topological polar surface area (TPSA) is 94.2 Å². The Labute approximate surface area is 144 Å². The van der Waals surface area contributed by atoms with E-state index in [0.29, 0.717) is 12.1 Å². The van der Waals surface area contributed by atoms with Crippen LogP contribution in [-0.4, -0.2) is 34.6 Å². The smallest absolute Gasteiger partial charge is 0.313 e. The summed E-state index contributed by atoms with van der Waals surface area (Å²) in [5.41, 5.74) is 2.37. The molecule has 0 aliphatic heterocycles. The number of rotatable bonds is 5. The van der Waals surface area contributed by atoms with Gasteiger partial charge < -0.3 is 20.7 Å². The Bertz CT molecular complexity index is 874. The van der Waals surface area contributed by atoms with Crippen molar-refractivity contribution >= 4 is 28.4 Å². The minimum atomic E-state index is -0.776. The first kappa shape index (κ1) is 16.7. The highest BCUT2D eigenvalue weighted by Gasteiger charge is 2.18. The van der Waals surface area contributed by atoms with Crippen molar-refractivity contribution in [3.05, 3.63) is 66.4 Å². The van der Waals surface area contributed by atoms with Gasteiger partial charge in [-0.1, -0.05) is 36.4 Å². The highest BCUT2D eigenvalue weighted by Crippen LogP contribution is 2.17. The van der Waals surface area contributed by atoms with E-state index in [0.717, 1.165) is 16.5 Å². The molecule has 4 N–H and O–H groups in total. The molecule has 6 heteroatoms. The third-order valence-electron chi connectivity index (χ3n) is 3.90. The zero-order chi connectivity index (χ0) is 17.6. The summed E-state index contributed by atoms with van der Waals surface area (Å²) in [6.45, 7) is -0.248. The van der Waals surface area contributed by atoms with E-state index in [2.05, 4.69) is 15.6 Å². The van der Waals surface area contributed by atoms with Gasteiger partial charge in [0.15, 0.2) is 0 Å². The predicted octanol–water partition coefficient (Wildman–Crippen LogP) is 1.83. The summed E-state index contributed by atoms with van der Waals surface area (Å²) in [5, 5.41) is 15.6. The largest absolute Gasteiger partial charge is 0.394 e. The second-order valence-electron chi connectivity index (χ2n) is 5.78. The molecule has 0 aliphatic carbocycles. The minimum absolute atomic E-state index is 0.248. The van der Waals surface area contributed by atoms with Crippen LogP contribution in [0.5, 0.6) is 0 Å². The van der Waals surface area contributed by atoms with Gasteiger partial charge in [-0.3, -0.25) is 9.59 Å². The Morgan fingerprint density at radius 2 is 1.84 bits per heavy atom. The lowest BCUT2D eigenvalue weighted by atomic mass is 10.1. The maximum absolute atomic E-state index is 12.1. The highest BCUT2D eigenvalue weighted by atomic mass is 16.3. The van der Waals surface area contributed by atoms with Crippen LogP contribution in [0.1, 0.15) is 5.56 Å². The molecule has 1 aromatic heterocycles. The van der Waals surface area contributed by atoms with Gasteiger partial charge in [0.05, 0.1) is 12.6 Å². The number of anilines is 1. The number of aromatic amines is 1. The molecule has 3 rings (SSSR count). The van der Waals surface area contributed by atoms with E-state index in [9.17, 15) is 14.7 Å². The molecule has 0 fully saturated rings. The van der Waals surface area contributed by atoms with Gasteiger partial charge in [-0.25, -0.2) is 0 Å². The monoisotopic (exact) mass is 337 g/mol. The number of nitrogens with one attached hydrogen (secondary N) is 3. The molecule has 6 nitrogen and oxygen atoms in total. The molecule has 0 unspecified atom stereocenters. The molecule has 0 spiro atoms. The summed E-state index contributed by atoms with van der Waals surface area (Å²) < 4.78 is 0. The Morgan fingerprint density at radius 3 is 2.60 bits per heavy atom. The fourth-order valence-corrected chi connectivity index (χ4v) is 2.62. The Hall–Kier alpha value is -3.12. The van der Waals surface area contributed by atoms with Gasteiger partial charge in [0, 0.05) is 17.4 Å². The van der Waals surface area contributed by atoms with E-state index < -0.39 is 17.9 Å². The summed E-state index contributed by atoms with van der Waals surface area (Å²) in [4.78, 5) is 27.2. The molecule has 1 heterocycles. The number of carbonyl (C=O) groups is 2. The number of H-pyrrole nitrogens is 1. The van der Waals surface area contributed by atoms with Crippen LogP contribution in [0.15, 0.2) is 60.8 Å². The molecule has 0 saturated carbocycles. The number of amides is 2. The lowest BCUT2D eigenvalue weighted by Crippen LogP contribution is -2.44. The number of carbonyl (C=O) groups excluding carboxylic acids is 2. The molecule has 2 aromatic carbocycles. The van der Waals surface area contributed by atoms with Crippen LogP contribution >= 0.6 is 0 Å². The van der Waals surface area contributed by atoms with Crippen LogP contribution in [0.3, 0.4) is 0 Å². The van der Waals surface area contributed by atoms with Crippen LogP contribution in [0.4, 0.5) is 5.69 Å². The fraction of sp³-hybridized carbons (Fsp3) is 0.158. The first-order chi connectivity index (χ1) is 12.2. The molecule has 128 valence electrons. The number of aromatic nitrogens is 1. The summed E-state index contributed by atoms with van der Waals surface area (Å²) in [6.07, 6.45) is 2.25. The number of hydrogen-bond donors (Lipinski definition) is 4. The standard InChI is InChI=1S/C19H19N3O3/c23-12-16(10-13-4-2-1-3-5-13)22-19(25)18(24)21-15-7-6-14-8-9-20-17(14)11-15/h1-9,11,16,20,23H,10,12H2,(H,21,24)(H,22,25)/t16-/m1/s1. The lowest BCUT2D eigenvalue weighted by Gasteiger charge is -2.16.